The molecular weight excluding hydrogens is 234 g/mol. The molecule has 0 aliphatic heterocycles. The zero-order chi connectivity index (χ0) is 12.1. The number of aromatic nitrogens is 2. The largest absolute Gasteiger partial charge is 0.370 e. The smallest absolute Gasteiger partial charge is 0.244 e. The SMILES string of the molecule is NC(=O)CC(N)C(=O)Nc1nccc(Cl)n1. The van der Waals surface area contributed by atoms with E-state index in [-0.39, 0.29) is 17.5 Å². The molecule has 0 aliphatic rings. The number of carbonyl (C=O) groups excluding carboxylic acids is 2. The fourth-order valence-corrected chi connectivity index (χ4v) is 1.05. The Morgan fingerprint density at radius 2 is 2.25 bits per heavy atom. The third kappa shape index (κ3) is 3.79. The van der Waals surface area contributed by atoms with Crippen molar-refractivity contribution in [2.24, 2.45) is 11.5 Å². The number of amides is 2. The molecular formula is C8H10ClN5O2. The second-order valence-electron chi connectivity index (χ2n) is 2.97. The summed E-state index contributed by atoms with van der Waals surface area (Å²) in [6.45, 7) is 0. The van der Waals surface area contributed by atoms with Gasteiger partial charge in [-0.3, -0.25) is 14.9 Å². The first-order chi connectivity index (χ1) is 7.49. The third-order valence-corrected chi connectivity index (χ3v) is 1.82. The first kappa shape index (κ1) is 12.3. The summed E-state index contributed by atoms with van der Waals surface area (Å²) >= 11 is 5.58. The molecule has 16 heavy (non-hydrogen) atoms. The molecule has 1 rings (SSSR count). The fourth-order valence-electron chi connectivity index (χ4n) is 0.909. The number of halogens is 1. The van der Waals surface area contributed by atoms with E-state index in [1.54, 1.807) is 0 Å². The minimum Gasteiger partial charge on any atom is -0.370 e. The molecule has 0 radical (unpaired) electrons. The second-order valence-corrected chi connectivity index (χ2v) is 3.36. The molecule has 2 amide bonds. The second kappa shape index (κ2) is 5.38. The minimum absolute atomic E-state index is 0.0254. The van der Waals surface area contributed by atoms with Crippen LogP contribution in [0.15, 0.2) is 12.3 Å². The monoisotopic (exact) mass is 243 g/mol. The highest BCUT2D eigenvalue weighted by molar-refractivity contribution is 6.29. The number of nitrogens with two attached hydrogens (primary N) is 2. The number of nitrogens with zero attached hydrogens (tertiary/aromatic N) is 2. The summed E-state index contributed by atoms with van der Waals surface area (Å²) in [4.78, 5) is 29.4. The maximum Gasteiger partial charge on any atom is 0.244 e. The van der Waals surface area contributed by atoms with Gasteiger partial charge in [0, 0.05) is 6.20 Å². The predicted octanol–water partition coefficient (Wildman–Crippen LogP) is -0.729. The van der Waals surface area contributed by atoms with Gasteiger partial charge in [0.05, 0.1) is 12.5 Å². The standard InChI is InChI=1S/C8H10ClN5O2/c9-5-1-2-12-8(13-5)14-7(16)4(10)3-6(11)15/h1-2,4H,3,10H2,(H2,11,15)(H,12,13,14,16). The number of primary amides is 1. The molecule has 1 aromatic heterocycles. The van der Waals surface area contributed by atoms with Gasteiger partial charge in [0.15, 0.2) is 0 Å². The van der Waals surface area contributed by atoms with E-state index in [4.69, 9.17) is 23.1 Å². The van der Waals surface area contributed by atoms with E-state index in [2.05, 4.69) is 15.3 Å². The molecule has 0 aromatic carbocycles. The Labute approximate surface area is 96.2 Å². The summed E-state index contributed by atoms with van der Waals surface area (Å²) in [5.41, 5.74) is 10.3. The van der Waals surface area contributed by atoms with Crippen molar-refractivity contribution in [2.75, 3.05) is 5.32 Å². The number of nitrogens with one attached hydrogen (secondary N) is 1. The first-order valence-electron chi connectivity index (χ1n) is 4.32. The molecule has 5 N–H and O–H groups in total. The summed E-state index contributed by atoms with van der Waals surface area (Å²) < 4.78 is 0. The number of carbonyl (C=O) groups is 2. The Kier molecular flexibility index (Phi) is 4.15. The third-order valence-electron chi connectivity index (χ3n) is 1.61. The van der Waals surface area contributed by atoms with E-state index < -0.39 is 17.9 Å². The maximum atomic E-state index is 11.4. The maximum absolute atomic E-state index is 11.4. The molecule has 0 saturated carbocycles. The van der Waals surface area contributed by atoms with Gasteiger partial charge in [-0.05, 0) is 6.07 Å². The molecule has 1 unspecified atom stereocenters. The molecule has 1 atom stereocenters. The lowest BCUT2D eigenvalue weighted by atomic mass is 10.2. The molecule has 1 heterocycles. The summed E-state index contributed by atoms with van der Waals surface area (Å²) in [6.07, 6.45) is 1.14. The van der Waals surface area contributed by atoms with Crippen LogP contribution < -0.4 is 16.8 Å². The topological polar surface area (TPSA) is 124 Å². The average molecular weight is 244 g/mol. The van der Waals surface area contributed by atoms with Crippen LogP contribution in [0.1, 0.15) is 6.42 Å². The lowest BCUT2D eigenvalue weighted by Gasteiger charge is -2.08. The summed E-state index contributed by atoms with van der Waals surface area (Å²) in [7, 11) is 0. The Morgan fingerprint density at radius 3 is 2.81 bits per heavy atom. The number of rotatable bonds is 4. The summed E-state index contributed by atoms with van der Waals surface area (Å²) in [5, 5.41) is 2.50. The van der Waals surface area contributed by atoms with E-state index in [0.29, 0.717) is 0 Å². The number of anilines is 1. The normalized spacial score (nSPS) is 11.9. The van der Waals surface area contributed by atoms with E-state index in [0.717, 1.165) is 0 Å². The Morgan fingerprint density at radius 1 is 1.56 bits per heavy atom. The van der Waals surface area contributed by atoms with Gasteiger partial charge in [-0.15, -0.1) is 0 Å². The Hall–Kier alpha value is -1.73. The van der Waals surface area contributed by atoms with Crippen LogP contribution in [0.4, 0.5) is 5.95 Å². The van der Waals surface area contributed by atoms with Crippen LogP contribution in [-0.4, -0.2) is 27.8 Å². The van der Waals surface area contributed by atoms with E-state index >= 15 is 0 Å². The van der Waals surface area contributed by atoms with Gasteiger partial charge in [0.1, 0.15) is 5.15 Å². The van der Waals surface area contributed by atoms with Crippen LogP contribution in [0.25, 0.3) is 0 Å². The van der Waals surface area contributed by atoms with Crippen molar-refractivity contribution < 1.29 is 9.59 Å². The van der Waals surface area contributed by atoms with Crippen molar-refractivity contribution in [3.8, 4) is 0 Å². The van der Waals surface area contributed by atoms with Crippen molar-refractivity contribution in [1.82, 2.24) is 9.97 Å². The summed E-state index contributed by atoms with van der Waals surface area (Å²) in [5.74, 6) is -1.23. The van der Waals surface area contributed by atoms with Crippen LogP contribution in [0.2, 0.25) is 5.15 Å². The van der Waals surface area contributed by atoms with Crippen LogP contribution in [0, 0.1) is 0 Å². The average Bonchev–Trinajstić information content (AvgIpc) is 2.16. The van der Waals surface area contributed by atoms with Crippen LogP contribution in [0.5, 0.6) is 0 Å². The molecule has 0 spiro atoms. The molecule has 0 bridgehead atoms. The van der Waals surface area contributed by atoms with Gasteiger partial charge in [-0.25, -0.2) is 9.97 Å². The quantitative estimate of drug-likeness (QED) is 0.602. The van der Waals surface area contributed by atoms with E-state index in [1.807, 2.05) is 0 Å². The molecule has 0 fully saturated rings. The van der Waals surface area contributed by atoms with Gasteiger partial charge in [0.25, 0.3) is 0 Å². The minimum atomic E-state index is -1.03. The zero-order valence-corrected chi connectivity index (χ0v) is 8.94. The van der Waals surface area contributed by atoms with Crippen molar-refractivity contribution in [1.29, 1.82) is 0 Å². The lowest BCUT2D eigenvalue weighted by Crippen LogP contribution is -2.39. The van der Waals surface area contributed by atoms with Gasteiger partial charge in [0.2, 0.25) is 17.8 Å². The van der Waals surface area contributed by atoms with Gasteiger partial charge >= 0.3 is 0 Å². The van der Waals surface area contributed by atoms with Crippen molar-refractivity contribution in [3.63, 3.8) is 0 Å². The van der Waals surface area contributed by atoms with Crippen molar-refractivity contribution in [3.05, 3.63) is 17.4 Å². The van der Waals surface area contributed by atoms with Crippen LogP contribution >= 0.6 is 11.6 Å². The molecule has 0 saturated heterocycles. The van der Waals surface area contributed by atoms with Gasteiger partial charge in [-0.2, -0.15) is 0 Å². The first-order valence-corrected chi connectivity index (χ1v) is 4.70. The zero-order valence-electron chi connectivity index (χ0n) is 8.18. The van der Waals surface area contributed by atoms with Crippen molar-refractivity contribution >= 4 is 29.4 Å². The Balaban J connectivity index is 2.60. The molecule has 7 nitrogen and oxygen atoms in total. The molecule has 8 heteroatoms. The van der Waals surface area contributed by atoms with Gasteiger partial charge < -0.3 is 11.5 Å². The van der Waals surface area contributed by atoms with Crippen LogP contribution in [0.3, 0.4) is 0 Å². The number of hydrogen-bond acceptors (Lipinski definition) is 5. The highest BCUT2D eigenvalue weighted by Crippen LogP contribution is 2.05. The van der Waals surface area contributed by atoms with Crippen molar-refractivity contribution in [2.45, 2.75) is 12.5 Å². The molecule has 0 aliphatic carbocycles. The Bertz CT molecular complexity index is 411. The highest BCUT2D eigenvalue weighted by atomic mass is 35.5. The highest BCUT2D eigenvalue weighted by Gasteiger charge is 2.16. The fraction of sp³-hybridized carbons (Fsp3) is 0.250. The lowest BCUT2D eigenvalue weighted by molar-refractivity contribution is -0.123. The summed E-state index contributed by atoms with van der Waals surface area (Å²) in [6, 6.07) is 0.431. The molecule has 86 valence electrons. The van der Waals surface area contributed by atoms with E-state index in [9.17, 15) is 9.59 Å². The predicted molar refractivity (Wildman–Crippen MR) is 57.5 cm³/mol. The molecule has 1 aromatic rings. The number of hydrogen-bond donors (Lipinski definition) is 3. The van der Waals surface area contributed by atoms with Gasteiger partial charge in [-0.1, -0.05) is 11.6 Å². The van der Waals surface area contributed by atoms with E-state index in [1.165, 1.54) is 12.3 Å². The van der Waals surface area contributed by atoms with Crippen LogP contribution in [-0.2, 0) is 9.59 Å².